The van der Waals surface area contributed by atoms with Gasteiger partial charge in [-0.05, 0) is 62.6 Å². The number of ether oxygens (including phenoxy) is 1. The summed E-state index contributed by atoms with van der Waals surface area (Å²) < 4.78 is 5.23. The van der Waals surface area contributed by atoms with Gasteiger partial charge in [-0.1, -0.05) is 0 Å². The Balaban J connectivity index is 1.34. The molecular formula is C24H32N4O3. The fourth-order valence-electron chi connectivity index (χ4n) is 4.71. The molecule has 0 bridgehead atoms. The number of carbonyl (C=O) groups excluding carboxylic acids is 2. The van der Waals surface area contributed by atoms with Crippen LogP contribution in [0.3, 0.4) is 0 Å². The summed E-state index contributed by atoms with van der Waals surface area (Å²) in [7, 11) is 1.67. The topological polar surface area (TPSA) is 68.9 Å². The summed E-state index contributed by atoms with van der Waals surface area (Å²) >= 11 is 0. The number of aromatic amines is 1. The summed E-state index contributed by atoms with van der Waals surface area (Å²) in [6, 6.07) is 10.0. The lowest BCUT2D eigenvalue weighted by atomic mass is 9.95. The van der Waals surface area contributed by atoms with Gasteiger partial charge in [0.1, 0.15) is 11.4 Å². The van der Waals surface area contributed by atoms with Crippen molar-refractivity contribution in [1.29, 1.82) is 0 Å². The number of carbonyl (C=O) groups is 2. The van der Waals surface area contributed by atoms with Gasteiger partial charge in [0.15, 0.2) is 0 Å². The van der Waals surface area contributed by atoms with Gasteiger partial charge >= 0.3 is 0 Å². The van der Waals surface area contributed by atoms with Crippen LogP contribution in [0.2, 0.25) is 0 Å². The molecule has 3 heterocycles. The van der Waals surface area contributed by atoms with E-state index >= 15 is 0 Å². The lowest BCUT2D eigenvalue weighted by molar-refractivity contribution is -0.137. The molecule has 0 saturated carbocycles. The summed E-state index contributed by atoms with van der Waals surface area (Å²) in [5, 5.41) is 0. The van der Waals surface area contributed by atoms with Crippen molar-refractivity contribution < 1.29 is 14.3 Å². The maximum absolute atomic E-state index is 13.2. The van der Waals surface area contributed by atoms with Crippen LogP contribution in [0, 0.1) is 19.8 Å². The van der Waals surface area contributed by atoms with Crippen molar-refractivity contribution in [3.63, 3.8) is 0 Å². The number of anilines is 1. The molecule has 1 aromatic heterocycles. The minimum atomic E-state index is -0.110. The van der Waals surface area contributed by atoms with E-state index in [9.17, 15) is 9.59 Å². The van der Waals surface area contributed by atoms with Crippen molar-refractivity contribution in [2.75, 3.05) is 51.3 Å². The largest absolute Gasteiger partial charge is 0.497 e. The van der Waals surface area contributed by atoms with Crippen LogP contribution in [-0.4, -0.2) is 73.0 Å². The molecule has 2 aromatic rings. The molecule has 0 radical (unpaired) electrons. The molecule has 31 heavy (non-hydrogen) atoms. The molecule has 2 aliphatic heterocycles. The van der Waals surface area contributed by atoms with Crippen LogP contribution in [0.5, 0.6) is 5.75 Å². The number of hydrogen-bond acceptors (Lipinski definition) is 4. The second-order valence-corrected chi connectivity index (χ2v) is 8.61. The molecule has 4 rings (SSSR count). The lowest BCUT2D eigenvalue weighted by Gasteiger charge is -2.39. The first-order valence-corrected chi connectivity index (χ1v) is 11.1. The van der Waals surface area contributed by atoms with E-state index < -0.39 is 0 Å². The summed E-state index contributed by atoms with van der Waals surface area (Å²) in [5.41, 5.74) is 3.75. The maximum atomic E-state index is 13.2. The van der Waals surface area contributed by atoms with Crippen LogP contribution < -0.4 is 9.64 Å². The highest BCUT2D eigenvalue weighted by Crippen LogP contribution is 2.24. The molecule has 2 amide bonds. The number of piperidine rings is 1. The first-order valence-electron chi connectivity index (χ1n) is 11.1. The van der Waals surface area contributed by atoms with Gasteiger partial charge in [0, 0.05) is 50.6 Å². The number of hydrogen-bond donors (Lipinski definition) is 1. The molecule has 2 saturated heterocycles. The van der Waals surface area contributed by atoms with E-state index in [1.165, 1.54) is 0 Å². The van der Waals surface area contributed by atoms with Crippen molar-refractivity contribution in [2.24, 2.45) is 5.92 Å². The predicted molar refractivity (Wildman–Crippen MR) is 121 cm³/mol. The molecule has 1 aromatic carbocycles. The van der Waals surface area contributed by atoms with Crippen molar-refractivity contribution in [3.8, 4) is 5.75 Å². The Morgan fingerprint density at radius 1 is 1.00 bits per heavy atom. The second kappa shape index (κ2) is 9.04. The van der Waals surface area contributed by atoms with Crippen LogP contribution in [0.25, 0.3) is 0 Å². The molecule has 2 aliphatic rings. The molecular weight excluding hydrogens is 392 g/mol. The number of H-pyrrole nitrogens is 1. The number of piperazine rings is 1. The first-order chi connectivity index (χ1) is 15.0. The summed E-state index contributed by atoms with van der Waals surface area (Å²) in [5.74, 6) is 0.930. The van der Waals surface area contributed by atoms with E-state index in [1.807, 2.05) is 41.8 Å². The molecule has 1 N–H and O–H groups in total. The third kappa shape index (κ3) is 4.55. The van der Waals surface area contributed by atoms with Crippen LogP contribution in [0.1, 0.15) is 34.6 Å². The maximum Gasteiger partial charge on any atom is 0.270 e. The van der Waals surface area contributed by atoms with Gasteiger partial charge in [0.05, 0.1) is 13.0 Å². The van der Waals surface area contributed by atoms with Crippen LogP contribution >= 0.6 is 0 Å². The van der Waals surface area contributed by atoms with E-state index in [0.29, 0.717) is 31.9 Å². The number of nitrogens with one attached hydrogen (secondary N) is 1. The zero-order valence-corrected chi connectivity index (χ0v) is 18.7. The number of aromatic nitrogens is 1. The Bertz CT molecular complexity index is 929. The summed E-state index contributed by atoms with van der Waals surface area (Å²) in [6.07, 6.45) is 1.72. The third-order valence-corrected chi connectivity index (χ3v) is 6.45. The Morgan fingerprint density at radius 3 is 2.32 bits per heavy atom. The smallest absolute Gasteiger partial charge is 0.270 e. The summed E-state index contributed by atoms with van der Waals surface area (Å²) in [4.78, 5) is 35.5. The van der Waals surface area contributed by atoms with Crippen molar-refractivity contribution in [3.05, 3.63) is 47.3 Å². The van der Waals surface area contributed by atoms with Gasteiger partial charge in [-0.3, -0.25) is 9.59 Å². The number of nitrogens with zero attached hydrogens (tertiary/aromatic N) is 3. The van der Waals surface area contributed by atoms with Crippen molar-refractivity contribution in [2.45, 2.75) is 26.7 Å². The Labute approximate surface area is 184 Å². The van der Waals surface area contributed by atoms with Gasteiger partial charge in [-0.25, -0.2) is 0 Å². The fraction of sp³-hybridized carbons (Fsp3) is 0.500. The molecule has 7 nitrogen and oxygen atoms in total. The van der Waals surface area contributed by atoms with Crippen molar-refractivity contribution >= 4 is 17.5 Å². The van der Waals surface area contributed by atoms with Crippen LogP contribution in [0.4, 0.5) is 5.69 Å². The predicted octanol–water partition coefficient (Wildman–Crippen LogP) is 2.84. The van der Waals surface area contributed by atoms with Crippen molar-refractivity contribution in [1.82, 2.24) is 14.8 Å². The molecule has 1 atom stereocenters. The van der Waals surface area contributed by atoms with Gasteiger partial charge in [0.2, 0.25) is 5.91 Å². The monoisotopic (exact) mass is 424 g/mol. The van der Waals surface area contributed by atoms with Crippen LogP contribution in [-0.2, 0) is 4.79 Å². The highest BCUT2D eigenvalue weighted by atomic mass is 16.5. The molecule has 166 valence electrons. The standard InChI is InChI=1S/C24H32N4O3/c1-17-15-18(2)25-22(17)24(30)28-10-4-5-19(16-28)23(29)27-13-11-26(12-14-27)20-6-8-21(31-3)9-7-20/h6-9,15,19,25H,4-5,10-14,16H2,1-3H3/t19-/m1/s1. The van der Waals surface area contributed by atoms with Gasteiger partial charge in [-0.15, -0.1) is 0 Å². The quantitative estimate of drug-likeness (QED) is 0.820. The highest BCUT2D eigenvalue weighted by Gasteiger charge is 2.33. The number of methoxy groups -OCH3 is 1. The molecule has 0 unspecified atom stereocenters. The average Bonchev–Trinajstić information content (AvgIpc) is 3.16. The lowest BCUT2D eigenvalue weighted by Crippen LogP contribution is -2.53. The zero-order chi connectivity index (χ0) is 22.0. The van der Waals surface area contributed by atoms with Gasteiger partial charge in [0.25, 0.3) is 5.91 Å². The number of rotatable bonds is 4. The fourth-order valence-corrected chi connectivity index (χ4v) is 4.71. The van der Waals surface area contributed by atoms with E-state index in [-0.39, 0.29) is 17.7 Å². The molecule has 0 aliphatic carbocycles. The van der Waals surface area contributed by atoms with E-state index in [4.69, 9.17) is 4.74 Å². The Morgan fingerprint density at radius 2 is 1.71 bits per heavy atom. The van der Waals surface area contributed by atoms with Gasteiger partial charge < -0.3 is 24.4 Å². The third-order valence-electron chi connectivity index (χ3n) is 6.45. The molecule has 0 spiro atoms. The SMILES string of the molecule is COc1ccc(N2CCN(C(=O)[C@@H]3CCCN(C(=O)c4[nH]c(C)cc4C)C3)CC2)cc1. The first kappa shape index (κ1) is 21.3. The molecule has 7 heteroatoms. The zero-order valence-electron chi connectivity index (χ0n) is 18.7. The minimum Gasteiger partial charge on any atom is -0.497 e. The normalized spacial score (nSPS) is 19.5. The van der Waals surface area contributed by atoms with E-state index in [0.717, 1.165) is 48.6 Å². The Kier molecular flexibility index (Phi) is 6.20. The highest BCUT2D eigenvalue weighted by molar-refractivity contribution is 5.94. The minimum absolute atomic E-state index is 0.00688. The molecule has 2 fully saturated rings. The van der Waals surface area contributed by atoms with E-state index in [1.54, 1.807) is 7.11 Å². The number of amides is 2. The number of aryl methyl sites for hydroxylation is 2. The number of benzene rings is 1. The summed E-state index contributed by atoms with van der Waals surface area (Å²) in [6.45, 7) is 8.18. The number of likely N-dealkylation sites (tertiary alicyclic amines) is 1. The van der Waals surface area contributed by atoms with Crippen LogP contribution in [0.15, 0.2) is 30.3 Å². The average molecular weight is 425 g/mol. The Hall–Kier alpha value is -2.96. The second-order valence-electron chi connectivity index (χ2n) is 8.61. The van der Waals surface area contributed by atoms with Gasteiger partial charge in [-0.2, -0.15) is 0 Å². The van der Waals surface area contributed by atoms with E-state index in [2.05, 4.69) is 22.0 Å².